The van der Waals surface area contributed by atoms with Crippen molar-refractivity contribution in [1.82, 2.24) is 9.78 Å². The Morgan fingerprint density at radius 1 is 1.56 bits per heavy atom. The highest BCUT2D eigenvalue weighted by Gasteiger charge is 2.07. The van der Waals surface area contributed by atoms with Crippen LogP contribution in [0.25, 0.3) is 0 Å². The van der Waals surface area contributed by atoms with E-state index in [9.17, 15) is 0 Å². The maximum atomic E-state index is 7.53. The highest BCUT2D eigenvalue weighted by molar-refractivity contribution is 14.1. The molecule has 0 amide bonds. The minimum atomic E-state index is 0.00347. The highest BCUT2D eigenvalue weighted by atomic mass is 127. The van der Waals surface area contributed by atoms with E-state index in [0.29, 0.717) is 17.9 Å². The summed E-state index contributed by atoms with van der Waals surface area (Å²) in [5, 5.41) is 11.8. The van der Waals surface area contributed by atoms with Crippen molar-refractivity contribution < 1.29 is 4.74 Å². The molecule has 1 heterocycles. The van der Waals surface area contributed by atoms with E-state index in [1.165, 1.54) is 0 Å². The molecule has 94 valence electrons. The van der Waals surface area contributed by atoms with E-state index in [2.05, 4.69) is 27.7 Å². The first-order chi connectivity index (χ1) is 8.60. The lowest BCUT2D eigenvalue weighted by Crippen LogP contribution is -2.13. The van der Waals surface area contributed by atoms with Gasteiger partial charge in [-0.25, -0.2) is 0 Å². The first kappa shape index (κ1) is 12.9. The average Bonchev–Trinajstić information content (AvgIpc) is 2.74. The molecule has 0 fully saturated rings. The summed E-state index contributed by atoms with van der Waals surface area (Å²) in [6.45, 7) is 0.646. The SMILES string of the molecule is COc1ccc(Cn2cc(I)cn2)cc1C(=N)N. The molecular formula is C12H13IN4O. The molecule has 0 atom stereocenters. The largest absolute Gasteiger partial charge is 0.496 e. The number of benzene rings is 1. The van der Waals surface area contributed by atoms with Crippen molar-refractivity contribution in [3.05, 3.63) is 45.3 Å². The number of nitrogens with one attached hydrogen (secondary N) is 1. The number of amidine groups is 1. The first-order valence-electron chi connectivity index (χ1n) is 5.29. The van der Waals surface area contributed by atoms with Gasteiger partial charge in [-0.1, -0.05) is 6.07 Å². The van der Waals surface area contributed by atoms with Crippen LogP contribution in [0.15, 0.2) is 30.6 Å². The quantitative estimate of drug-likeness (QED) is 0.499. The van der Waals surface area contributed by atoms with Gasteiger partial charge in [-0.15, -0.1) is 0 Å². The Balaban J connectivity index is 2.29. The molecule has 0 spiro atoms. The van der Waals surface area contributed by atoms with Gasteiger partial charge in [-0.2, -0.15) is 5.10 Å². The Bertz CT molecular complexity index is 579. The number of ether oxygens (including phenoxy) is 1. The van der Waals surface area contributed by atoms with Crippen molar-refractivity contribution in [2.24, 2.45) is 5.73 Å². The fourth-order valence-corrected chi connectivity index (χ4v) is 2.12. The smallest absolute Gasteiger partial charge is 0.129 e. The molecule has 1 aromatic heterocycles. The van der Waals surface area contributed by atoms with Crippen LogP contribution in [-0.2, 0) is 6.54 Å². The second kappa shape index (κ2) is 5.38. The Hall–Kier alpha value is -1.57. The maximum Gasteiger partial charge on any atom is 0.129 e. The average molecular weight is 356 g/mol. The summed E-state index contributed by atoms with van der Waals surface area (Å²) in [6, 6.07) is 5.62. The van der Waals surface area contributed by atoms with Crippen LogP contribution in [0.3, 0.4) is 0 Å². The molecule has 0 aliphatic heterocycles. The fourth-order valence-electron chi connectivity index (χ4n) is 1.68. The minimum absolute atomic E-state index is 0.00347. The number of rotatable bonds is 4. The summed E-state index contributed by atoms with van der Waals surface area (Å²) < 4.78 is 8.10. The molecule has 2 rings (SSSR count). The second-order valence-electron chi connectivity index (χ2n) is 3.80. The molecule has 5 nitrogen and oxygen atoms in total. The summed E-state index contributed by atoms with van der Waals surface area (Å²) in [4.78, 5) is 0. The summed E-state index contributed by atoms with van der Waals surface area (Å²) in [6.07, 6.45) is 3.76. The monoisotopic (exact) mass is 356 g/mol. The van der Waals surface area contributed by atoms with Gasteiger partial charge < -0.3 is 10.5 Å². The topological polar surface area (TPSA) is 76.9 Å². The van der Waals surface area contributed by atoms with Gasteiger partial charge in [-0.3, -0.25) is 10.1 Å². The van der Waals surface area contributed by atoms with Gasteiger partial charge in [0.05, 0.1) is 29.0 Å². The van der Waals surface area contributed by atoms with E-state index in [1.807, 2.05) is 29.1 Å². The van der Waals surface area contributed by atoms with E-state index in [1.54, 1.807) is 13.3 Å². The number of methoxy groups -OCH3 is 1. The van der Waals surface area contributed by atoms with Crippen LogP contribution in [0, 0.1) is 8.98 Å². The van der Waals surface area contributed by atoms with Crippen LogP contribution in [0.2, 0.25) is 0 Å². The third-order valence-electron chi connectivity index (χ3n) is 2.50. The lowest BCUT2D eigenvalue weighted by atomic mass is 10.1. The van der Waals surface area contributed by atoms with Crippen molar-refractivity contribution in [3.8, 4) is 5.75 Å². The van der Waals surface area contributed by atoms with Gasteiger partial charge in [0.25, 0.3) is 0 Å². The van der Waals surface area contributed by atoms with Crippen molar-refractivity contribution in [2.75, 3.05) is 7.11 Å². The van der Waals surface area contributed by atoms with Gasteiger partial charge in [0, 0.05) is 6.20 Å². The zero-order valence-corrected chi connectivity index (χ0v) is 12.0. The molecule has 0 aliphatic carbocycles. The Kier molecular flexibility index (Phi) is 3.85. The molecule has 0 saturated heterocycles. The van der Waals surface area contributed by atoms with E-state index in [-0.39, 0.29) is 5.84 Å². The number of aromatic nitrogens is 2. The van der Waals surface area contributed by atoms with Crippen LogP contribution in [0.4, 0.5) is 0 Å². The normalized spacial score (nSPS) is 10.3. The molecule has 1 aromatic carbocycles. The predicted octanol–water partition coefficient (Wildman–Crippen LogP) is 1.83. The molecular weight excluding hydrogens is 343 g/mol. The van der Waals surface area contributed by atoms with E-state index < -0.39 is 0 Å². The molecule has 3 N–H and O–H groups in total. The summed E-state index contributed by atoms with van der Waals surface area (Å²) >= 11 is 2.21. The lowest BCUT2D eigenvalue weighted by molar-refractivity contribution is 0.413. The summed E-state index contributed by atoms with van der Waals surface area (Å²) in [5.41, 5.74) is 7.17. The molecule has 0 saturated carbocycles. The van der Waals surface area contributed by atoms with Gasteiger partial charge in [0.2, 0.25) is 0 Å². The Labute approximate surface area is 119 Å². The van der Waals surface area contributed by atoms with Crippen LogP contribution in [0.1, 0.15) is 11.1 Å². The van der Waals surface area contributed by atoms with Crippen molar-refractivity contribution >= 4 is 28.4 Å². The van der Waals surface area contributed by atoms with E-state index in [0.717, 1.165) is 9.13 Å². The Morgan fingerprint density at radius 3 is 2.89 bits per heavy atom. The number of nitrogen functional groups attached to an aromatic ring is 1. The van der Waals surface area contributed by atoms with Gasteiger partial charge in [0.1, 0.15) is 11.6 Å². The van der Waals surface area contributed by atoms with Crippen LogP contribution >= 0.6 is 22.6 Å². The number of hydrogen-bond donors (Lipinski definition) is 2. The predicted molar refractivity (Wildman–Crippen MR) is 78.1 cm³/mol. The lowest BCUT2D eigenvalue weighted by Gasteiger charge is -2.09. The van der Waals surface area contributed by atoms with Crippen molar-refractivity contribution in [3.63, 3.8) is 0 Å². The van der Waals surface area contributed by atoms with Crippen molar-refractivity contribution in [2.45, 2.75) is 6.54 Å². The summed E-state index contributed by atoms with van der Waals surface area (Å²) in [5.74, 6) is 0.616. The Morgan fingerprint density at radius 2 is 2.33 bits per heavy atom. The van der Waals surface area contributed by atoms with E-state index >= 15 is 0 Å². The molecule has 18 heavy (non-hydrogen) atoms. The standard InChI is InChI=1S/C12H13IN4O/c1-18-11-3-2-8(4-10(11)12(14)15)6-17-7-9(13)5-16-17/h2-5,7H,6H2,1H3,(H3,14,15). The second-order valence-corrected chi connectivity index (χ2v) is 5.05. The first-order valence-corrected chi connectivity index (χ1v) is 6.37. The minimum Gasteiger partial charge on any atom is -0.496 e. The third-order valence-corrected chi connectivity index (χ3v) is 3.06. The molecule has 0 bridgehead atoms. The van der Waals surface area contributed by atoms with Crippen molar-refractivity contribution in [1.29, 1.82) is 5.41 Å². The highest BCUT2D eigenvalue weighted by Crippen LogP contribution is 2.19. The molecule has 0 radical (unpaired) electrons. The summed E-state index contributed by atoms with van der Waals surface area (Å²) in [7, 11) is 1.57. The molecule has 6 heteroatoms. The van der Waals surface area contributed by atoms with E-state index in [4.69, 9.17) is 15.9 Å². The maximum absolute atomic E-state index is 7.53. The zero-order valence-electron chi connectivity index (χ0n) is 9.85. The van der Waals surface area contributed by atoms with Crippen LogP contribution in [-0.4, -0.2) is 22.7 Å². The van der Waals surface area contributed by atoms with Gasteiger partial charge in [-0.05, 0) is 40.3 Å². The number of halogens is 1. The number of hydrogen-bond acceptors (Lipinski definition) is 3. The van der Waals surface area contributed by atoms with Crippen LogP contribution in [0.5, 0.6) is 5.75 Å². The molecule has 0 unspecified atom stereocenters. The van der Waals surface area contributed by atoms with Crippen LogP contribution < -0.4 is 10.5 Å². The molecule has 0 aliphatic rings. The molecule has 2 aromatic rings. The zero-order chi connectivity index (χ0) is 13.1. The van der Waals surface area contributed by atoms with Gasteiger partial charge in [0.15, 0.2) is 0 Å². The van der Waals surface area contributed by atoms with Gasteiger partial charge >= 0.3 is 0 Å². The third kappa shape index (κ3) is 2.81. The fraction of sp³-hybridized carbons (Fsp3) is 0.167. The number of nitrogens with two attached hydrogens (primary N) is 1. The number of nitrogens with zero attached hydrogens (tertiary/aromatic N) is 2.